The molecule has 0 aromatic rings. The zero-order valence-electron chi connectivity index (χ0n) is 37.4. The maximum atomic E-state index is 5.94. The van der Waals surface area contributed by atoms with Gasteiger partial charge in [-0.2, -0.15) is 0 Å². The molecule has 0 amide bonds. The smallest absolute Gasteiger partial charge is 0.0844 e. The summed E-state index contributed by atoms with van der Waals surface area (Å²) >= 11 is 0. The highest BCUT2D eigenvalue weighted by Gasteiger charge is 2.07. The van der Waals surface area contributed by atoms with Crippen LogP contribution in [-0.2, 0) is 27.1 Å². The van der Waals surface area contributed by atoms with Crippen molar-refractivity contribution in [3.63, 3.8) is 0 Å². The van der Waals surface area contributed by atoms with Crippen molar-refractivity contribution >= 4 is 105 Å². The SMILES string of the molecule is CC/C=C\CC(/C=C/C=C\CC(/C=C/C=C/C=C/C(CCC)OP)OPP)OP(P)P.CCC=CCC(C=CC=CCC(C=CC=CC=CC(CCC)OP)OPP)OP(P)P. The van der Waals surface area contributed by atoms with Crippen molar-refractivity contribution in [2.24, 2.45) is 0 Å². The van der Waals surface area contributed by atoms with E-state index in [0.717, 1.165) is 64.2 Å². The largest absolute Gasteiger partial charge is 0.358 e. The molecule has 18 heteroatoms. The van der Waals surface area contributed by atoms with Crippen LogP contribution in [0, 0.1) is 0 Å². The summed E-state index contributed by atoms with van der Waals surface area (Å²) in [7, 11) is 20.5. The summed E-state index contributed by atoms with van der Waals surface area (Å²) < 4.78 is 34.1. The Labute approximate surface area is 403 Å². The summed E-state index contributed by atoms with van der Waals surface area (Å²) in [5.74, 6) is 0. The molecular weight excluding hydrogens is 996 g/mol. The Balaban J connectivity index is 0. The minimum atomic E-state index is -0.545. The highest BCUT2D eigenvalue weighted by atomic mass is 32.4. The van der Waals surface area contributed by atoms with Crippen molar-refractivity contribution in [2.75, 3.05) is 0 Å². The lowest BCUT2D eigenvalue weighted by molar-refractivity contribution is 0.279. The van der Waals surface area contributed by atoms with E-state index >= 15 is 0 Å². The van der Waals surface area contributed by atoms with E-state index in [-0.39, 0.29) is 36.6 Å². The standard InChI is InChI=1S/2C22H40O3P6/c2*1-3-5-9-18-22(25-31(28)29)19-13-8-12-17-21(24-30-27)16-11-7-6-10-15-20(23-26)14-4-2/h2*5-13,15-16,19-22,30H,3-4,14,17-18,26-29H2,1-2H3/b7-6+,9-5-,12-8-,15-10+,16-11+,19-13+;. The van der Waals surface area contributed by atoms with E-state index in [1.165, 1.54) is 0 Å². The van der Waals surface area contributed by atoms with Gasteiger partial charge in [-0.05, 0) is 51.4 Å². The van der Waals surface area contributed by atoms with Crippen molar-refractivity contribution in [1.29, 1.82) is 0 Å². The molecule has 0 heterocycles. The van der Waals surface area contributed by atoms with E-state index in [2.05, 4.69) is 197 Å². The monoisotopic (exact) mass is 1080 g/mol. The van der Waals surface area contributed by atoms with Gasteiger partial charge in [0.05, 0.1) is 51.7 Å². The molecule has 0 aliphatic heterocycles. The molecule has 0 fully saturated rings. The fraction of sp³-hybridized carbons (Fsp3) is 0.455. The lowest BCUT2D eigenvalue weighted by Crippen LogP contribution is -2.03. The van der Waals surface area contributed by atoms with Crippen LogP contribution in [0.1, 0.15) is 91.9 Å². The van der Waals surface area contributed by atoms with Gasteiger partial charge in [0.25, 0.3) is 0 Å². The molecule has 6 nitrogen and oxygen atoms in total. The maximum Gasteiger partial charge on any atom is 0.0844 e. The molecule has 0 aliphatic carbocycles. The van der Waals surface area contributed by atoms with Crippen LogP contribution in [-0.4, -0.2) is 36.6 Å². The minimum absolute atomic E-state index is 0.0591. The van der Waals surface area contributed by atoms with Gasteiger partial charge in [-0.3, -0.25) is 0 Å². The van der Waals surface area contributed by atoms with Crippen LogP contribution in [0.4, 0.5) is 0 Å². The molecule has 0 saturated heterocycles. The number of allylic oxidation sites excluding steroid dienone is 14. The van der Waals surface area contributed by atoms with Crippen LogP contribution in [0.15, 0.2) is 146 Å². The normalized spacial score (nSPS) is 16.7. The van der Waals surface area contributed by atoms with Gasteiger partial charge in [0.15, 0.2) is 0 Å². The van der Waals surface area contributed by atoms with Crippen molar-refractivity contribution in [3.8, 4) is 0 Å². The quantitative estimate of drug-likeness (QED) is 0.0354. The molecule has 0 rings (SSSR count). The van der Waals surface area contributed by atoms with Crippen LogP contribution in [0.2, 0.25) is 0 Å². The number of hydrogen-bond donors (Lipinski definition) is 0. The summed E-state index contributed by atoms with van der Waals surface area (Å²) in [4.78, 5) is 0. The van der Waals surface area contributed by atoms with Gasteiger partial charge in [0, 0.05) is 35.9 Å². The summed E-state index contributed by atoms with van der Waals surface area (Å²) in [6.45, 7) is 8.59. The van der Waals surface area contributed by atoms with Gasteiger partial charge in [0.2, 0.25) is 0 Å². The van der Waals surface area contributed by atoms with Crippen molar-refractivity contribution in [2.45, 2.75) is 129 Å². The molecule has 0 bridgehead atoms. The third-order valence-corrected chi connectivity index (χ3v) is 12.7. The first-order chi connectivity index (χ1) is 30.1. The van der Waals surface area contributed by atoms with Gasteiger partial charge in [-0.25, -0.2) is 0 Å². The Morgan fingerprint density at radius 3 is 1.00 bits per heavy atom. The Bertz CT molecular complexity index is 1280. The number of rotatable bonds is 36. The first-order valence-corrected chi connectivity index (χ1v) is 36.4. The van der Waals surface area contributed by atoms with Crippen molar-refractivity contribution < 1.29 is 27.1 Å². The second kappa shape index (κ2) is 52.2. The molecular formula is C44H80O6P12. The molecule has 16 unspecified atom stereocenters. The molecule has 16 atom stereocenters. The molecule has 0 saturated carbocycles. The van der Waals surface area contributed by atoms with Crippen molar-refractivity contribution in [3.05, 3.63) is 146 Å². The van der Waals surface area contributed by atoms with Crippen LogP contribution < -0.4 is 0 Å². The Morgan fingerprint density at radius 1 is 0.403 bits per heavy atom. The van der Waals surface area contributed by atoms with Crippen LogP contribution in [0.5, 0.6) is 0 Å². The van der Waals surface area contributed by atoms with Crippen LogP contribution in [0.25, 0.3) is 0 Å². The summed E-state index contributed by atoms with van der Waals surface area (Å²) in [5, 5.41) is 0. The van der Waals surface area contributed by atoms with E-state index in [1.54, 1.807) is 0 Å². The Kier molecular flexibility index (Phi) is 55.4. The predicted molar refractivity (Wildman–Crippen MR) is 316 cm³/mol. The zero-order valence-corrected chi connectivity index (χ0v) is 50.4. The zero-order chi connectivity index (χ0) is 46.3. The number of hydrogen-bond acceptors (Lipinski definition) is 6. The van der Waals surface area contributed by atoms with E-state index in [1.807, 2.05) is 48.6 Å². The van der Waals surface area contributed by atoms with Gasteiger partial charge < -0.3 is 27.1 Å². The second-order valence-electron chi connectivity index (χ2n) is 13.1. The fourth-order valence-electron chi connectivity index (χ4n) is 4.88. The summed E-state index contributed by atoms with van der Waals surface area (Å²) in [6.07, 6.45) is 60.4. The van der Waals surface area contributed by atoms with Crippen LogP contribution >= 0.6 is 105 Å². The average molecular weight is 1080 g/mol. The molecule has 0 aliphatic rings. The highest BCUT2D eigenvalue weighted by Crippen LogP contribution is 2.55. The summed E-state index contributed by atoms with van der Waals surface area (Å²) in [6, 6.07) is 0. The summed E-state index contributed by atoms with van der Waals surface area (Å²) in [5.41, 5.74) is 0. The third kappa shape index (κ3) is 46.9. The predicted octanol–water partition coefficient (Wildman–Crippen LogP) is 17.2. The molecule has 0 radical (unpaired) electrons. The second-order valence-corrected chi connectivity index (χ2v) is 27.6. The Morgan fingerprint density at radius 2 is 0.710 bits per heavy atom. The molecule has 0 spiro atoms. The van der Waals surface area contributed by atoms with E-state index in [4.69, 9.17) is 27.1 Å². The molecule has 0 aromatic carbocycles. The fourth-order valence-corrected chi connectivity index (χ4v) is 9.90. The Hall–Kier alpha value is 1.80. The lowest BCUT2D eigenvalue weighted by atomic mass is 10.2. The van der Waals surface area contributed by atoms with E-state index < -0.39 is 15.1 Å². The first kappa shape index (κ1) is 65.9. The first-order valence-electron chi connectivity index (χ1n) is 21.0. The molecule has 0 aromatic heterocycles. The molecule has 62 heavy (non-hydrogen) atoms. The van der Waals surface area contributed by atoms with Crippen LogP contribution in [0.3, 0.4) is 0 Å². The lowest BCUT2D eigenvalue weighted by Gasteiger charge is -2.14. The van der Waals surface area contributed by atoms with Gasteiger partial charge in [0.1, 0.15) is 0 Å². The van der Waals surface area contributed by atoms with Gasteiger partial charge >= 0.3 is 0 Å². The van der Waals surface area contributed by atoms with Gasteiger partial charge in [-0.1, -0.05) is 240 Å². The topological polar surface area (TPSA) is 55.4 Å². The highest BCUT2D eigenvalue weighted by molar-refractivity contribution is 8.41. The molecule has 352 valence electrons. The third-order valence-electron chi connectivity index (χ3n) is 7.84. The van der Waals surface area contributed by atoms with E-state index in [0.29, 0.717) is 17.0 Å². The van der Waals surface area contributed by atoms with Gasteiger partial charge in [-0.15, -0.1) is 0 Å². The molecule has 0 N–H and O–H groups in total. The maximum absolute atomic E-state index is 5.94. The van der Waals surface area contributed by atoms with E-state index in [9.17, 15) is 0 Å². The van der Waals surface area contributed by atoms with Crippen molar-refractivity contribution in [1.82, 2.24) is 0 Å². The average Bonchev–Trinajstić information content (AvgIpc) is 3.24. The minimum Gasteiger partial charge on any atom is -0.358 e.